The molecule has 1 fully saturated rings. The van der Waals surface area contributed by atoms with Gasteiger partial charge in [0.1, 0.15) is 5.75 Å². The van der Waals surface area contributed by atoms with Gasteiger partial charge in [0.15, 0.2) is 9.84 Å². The van der Waals surface area contributed by atoms with Gasteiger partial charge in [-0.3, -0.25) is 4.79 Å². The second-order valence-electron chi connectivity index (χ2n) is 5.27. The Hall–Kier alpha value is -0.620. The molecule has 1 aliphatic heterocycles. The van der Waals surface area contributed by atoms with E-state index in [0.29, 0.717) is 25.6 Å². The molecule has 0 bridgehead atoms. The Balaban J connectivity index is 2.44. The maximum absolute atomic E-state index is 12.0. The highest BCUT2D eigenvalue weighted by atomic mass is 32.2. The quantitative estimate of drug-likeness (QED) is 0.704. The number of hydrogen-bond donors (Lipinski definition) is 1. The summed E-state index contributed by atoms with van der Waals surface area (Å²) in [5.41, 5.74) is 0. The minimum absolute atomic E-state index is 0.135. The number of sulfone groups is 1. The Morgan fingerprint density at radius 3 is 2.74 bits per heavy atom. The molecule has 112 valence electrons. The van der Waals surface area contributed by atoms with Crippen LogP contribution in [0.15, 0.2) is 0 Å². The average molecular weight is 290 g/mol. The molecule has 1 atom stereocenters. The summed E-state index contributed by atoms with van der Waals surface area (Å²) in [6.07, 6.45) is 4.53. The molecule has 0 aromatic heterocycles. The van der Waals surface area contributed by atoms with Gasteiger partial charge >= 0.3 is 0 Å². The van der Waals surface area contributed by atoms with Crippen molar-refractivity contribution in [1.29, 1.82) is 0 Å². The lowest BCUT2D eigenvalue weighted by Gasteiger charge is -2.32. The first-order valence-electron chi connectivity index (χ1n) is 7.14. The Bertz CT molecular complexity index is 381. The SMILES string of the molecule is CCCCCS(=O)(=O)CC(=O)N1CCCC(NC)C1. The molecule has 6 heteroatoms. The van der Waals surface area contributed by atoms with E-state index in [-0.39, 0.29) is 17.4 Å². The molecule has 0 aliphatic carbocycles. The van der Waals surface area contributed by atoms with Gasteiger partial charge in [0, 0.05) is 19.1 Å². The monoisotopic (exact) mass is 290 g/mol. The highest BCUT2D eigenvalue weighted by Crippen LogP contribution is 2.11. The van der Waals surface area contributed by atoms with E-state index in [1.165, 1.54) is 0 Å². The molecule has 0 spiro atoms. The highest BCUT2D eigenvalue weighted by molar-refractivity contribution is 7.92. The summed E-state index contributed by atoms with van der Waals surface area (Å²) in [5, 5.41) is 3.15. The number of nitrogens with one attached hydrogen (secondary N) is 1. The normalized spacial score (nSPS) is 20.5. The van der Waals surface area contributed by atoms with Crippen molar-refractivity contribution in [1.82, 2.24) is 10.2 Å². The van der Waals surface area contributed by atoms with Crippen LogP contribution in [0.3, 0.4) is 0 Å². The molecule has 1 heterocycles. The molecule has 1 saturated heterocycles. The molecule has 5 nitrogen and oxygen atoms in total. The zero-order valence-electron chi connectivity index (χ0n) is 12.0. The summed E-state index contributed by atoms with van der Waals surface area (Å²) in [4.78, 5) is 13.7. The van der Waals surface area contributed by atoms with Crippen LogP contribution in [0.5, 0.6) is 0 Å². The standard InChI is InChI=1S/C13H26N2O3S/c1-3-4-5-9-19(17,18)11-13(16)15-8-6-7-12(10-15)14-2/h12,14H,3-11H2,1-2H3. The number of likely N-dealkylation sites (N-methyl/N-ethyl adjacent to an activating group) is 1. The van der Waals surface area contributed by atoms with E-state index in [1.54, 1.807) is 4.90 Å². The van der Waals surface area contributed by atoms with Crippen LogP contribution < -0.4 is 5.32 Å². The van der Waals surface area contributed by atoms with Crippen LogP contribution in [0.25, 0.3) is 0 Å². The fraction of sp³-hybridized carbons (Fsp3) is 0.923. The van der Waals surface area contributed by atoms with Crippen molar-refractivity contribution in [3.05, 3.63) is 0 Å². The number of piperidine rings is 1. The largest absolute Gasteiger partial charge is 0.340 e. The predicted octanol–water partition coefficient (Wildman–Crippen LogP) is 0.802. The zero-order chi connectivity index (χ0) is 14.3. The third-order valence-corrected chi connectivity index (χ3v) is 5.18. The van der Waals surface area contributed by atoms with Crippen molar-refractivity contribution in [3.63, 3.8) is 0 Å². The summed E-state index contributed by atoms with van der Waals surface area (Å²) in [6, 6.07) is 0.292. The van der Waals surface area contributed by atoms with E-state index in [9.17, 15) is 13.2 Å². The van der Waals surface area contributed by atoms with E-state index in [0.717, 1.165) is 25.7 Å². The van der Waals surface area contributed by atoms with Gasteiger partial charge in [0.05, 0.1) is 5.75 Å². The number of carbonyl (C=O) groups is 1. The third kappa shape index (κ3) is 5.91. The predicted molar refractivity (Wildman–Crippen MR) is 76.8 cm³/mol. The van der Waals surface area contributed by atoms with Gasteiger partial charge in [-0.1, -0.05) is 19.8 Å². The van der Waals surface area contributed by atoms with Crippen LogP contribution >= 0.6 is 0 Å². The minimum Gasteiger partial charge on any atom is -0.340 e. The van der Waals surface area contributed by atoms with Crippen LogP contribution in [-0.2, 0) is 14.6 Å². The molecule has 0 saturated carbocycles. The third-order valence-electron chi connectivity index (χ3n) is 3.58. The molecule has 1 aliphatic rings. The van der Waals surface area contributed by atoms with Gasteiger partial charge in [-0.15, -0.1) is 0 Å². The molecular formula is C13H26N2O3S. The van der Waals surface area contributed by atoms with Gasteiger partial charge in [-0.2, -0.15) is 0 Å². The van der Waals surface area contributed by atoms with Crippen molar-refractivity contribution < 1.29 is 13.2 Å². The zero-order valence-corrected chi connectivity index (χ0v) is 12.8. The van der Waals surface area contributed by atoms with Gasteiger partial charge in [0.2, 0.25) is 5.91 Å². The van der Waals surface area contributed by atoms with Crippen molar-refractivity contribution in [2.45, 2.75) is 45.1 Å². The minimum atomic E-state index is -3.24. The molecule has 1 amide bonds. The summed E-state index contributed by atoms with van der Waals surface area (Å²) in [7, 11) is -1.36. The number of nitrogens with zero attached hydrogens (tertiary/aromatic N) is 1. The number of amides is 1. The fourth-order valence-corrected chi connectivity index (χ4v) is 3.71. The molecule has 1 unspecified atom stereocenters. The Labute approximate surface area is 116 Å². The molecule has 0 aromatic carbocycles. The summed E-state index contributed by atoms with van der Waals surface area (Å²) >= 11 is 0. The van der Waals surface area contributed by atoms with Crippen molar-refractivity contribution in [2.75, 3.05) is 31.6 Å². The van der Waals surface area contributed by atoms with Crippen LogP contribution in [0.4, 0.5) is 0 Å². The number of rotatable bonds is 7. The molecular weight excluding hydrogens is 264 g/mol. The fourth-order valence-electron chi connectivity index (χ4n) is 2.36. The topological polar surface area (TPSA) is 66.5 Å². The number of unbranched alkanes of at least 4 members (excludes halogenated alkanes) is 2. The molecule has 0 radical (unpaired) electrons. The molecule has 19 heavy (non-hydrogen) atoms. The Morgan fingerprint density at radius 1 is 1.37 bits per heavy atom. The van der Waals surface area contributed by atoms with Gasteiger partial charge in [-0.25, -0.2) is 8.42 Å². The van der Waals surface area contributed by atoms with Crippen LogP contribution in [0, 0.1) is 0 Å². The van der Waals surface area contributed by atoms with E-state index < -0.39 is 9.84 Å². The molecule has 0 aromatic rings. The molecule has 1 N–H and O–H groups in total. The lowest BCUT2D eigenvalue weighted by Crippen LogP contribution is -2.48. The van der Waals surface area contributed by atoms with Crippen molar-refractivity contribution >= 4 is 15.7 Å². The van der Waals surface area contributed by atoms with Gasteiger partial charge in [-0.05, 0) is 26.3 Å². The summed E-state index contributed by atoms with van der Waals surface area (Å²) in [5.74, 6) is -0.431. The average Bonchev–Trinajstić information content (AvgIpc) is 2.38. The van der Waals surface area contributed by atoms with E-state index in [4.69, 9.17) is 0 Å². The van der Waals surface area contributed by atoms with Crippen LogP contribution in [0.1, 0.15) is 39.0 Å². The number of hydrogen-bond acceptors (Lipinski definition) is 4. The second kappa shape index (κ2) is 7.85. The summed E-state index contributed by atoms with van der Waals surface area (Å²) < 4.78 is 23.7. The van der Waals surface area contributed by atoms with Crippen molar-refractivity contribution in [2.24, 2.45) is 0 Å². The lowest BCUT2D eigenvalue weighted by atomic mass is 10.1. The summed E-state index contributed by atoms with van der Waals surface area (Å²) in [6.45, 7) is 3.34. The van der Waals surface area contributed by atoms with E-state index in [2.05, 4.69) is 5.32 Å². The smallest absolute Gasteiger partial charge is 0.237 e. The number of likely N-dealkylation sites (tertiary alicyclic amines) is 1. The first-order chi connectivity index (χ1) is 8.98. The van der Waals surface area contributed by atoms with Crippen LogP contribution in [-0.4, -0.2) is 56.9 Å². The Kier molecular flexibility index (Phi) is 6.79. The van der Waals surface area contributed by atoms with Gasteiger partial charge < -0.3 is 10.2 Å². The Morgan fingerprint density at radius 2 is 2.11 bits per heavy atom. The highest BCUT2D eigenvalue weighted by Gasteiger charge is 2.26. The lowest BCUT2D eigenvalue weighted by molar-refractivity contribution is -0.129. The molecule has 1 rings (SSSR count). The van der Waals surface area contributed by atoms with Crippen molar-refractivity contribution in [3.8, 4) is 0 Å². The van der Waals surface area contributed by atoms with Crippen LogP contribution in [0.2, 0.25) is 0 Å². The van der Waals surface area contributed by atoms with E-state index in [1.807, 2.05) is 14.0 Å². The maximum atomic E-state index is 12.0. The maximum Gasteiger partial charge on any atom is 0.237 e. The first kappa shape index (κ1) is 16.4. The second-order valence-corrected chi connectivity index (χ2v) is 7.45. The number of carbonyl (C=O) groups excluding carboxylic acids is 1. The first-order valence-corrected chi connectivity index (χ1v) is 8.96. The van der Waals surface area contributed by atoms with E-state index >= 15 is 0 Å². The van der Waals surface area contributed by atoms with Gasteiger partial charge in [0.25, 0.3) is 0 Å².